The lowest BCUT2D eigenvalue weighted by atomic mass is 10.2. The minimum atomic E-state index is 0.150. The zero-order valence-corrected chi connectivity index (χ0v) is 17.0. The number of amides is 1. The molecule has 3 aromatic rings. The summed E-state index contributed by atoms with van der Waals surface area (Å²) in [5.74, 6) is 1.88. The normalized spacial score (nSPS) is 14.6. The Balaban J connectivity index is 1.35. The van der Waals surface area contributed by atoms with Crippen molar-refractivity contribution in [3.63, 3.8) is 0 Å². The summed E-state index contributed by atoms with van der Waals surface area (Å²) in [7, 11) is 0. The van der Waals surface area contributed by atoms with Crippen molar-refractivity contribution in [1.29, 1.82) is 0 Å². The summed E-state index contributed by atoms with van der Waals surface area (Å²) in [4.78, 5) is 18.2. The van der Waals surface area contributed by atoms with Crippen molar-refractivity contribution >= 4 is 23.2 Å². The maximum Gasteiger partial charge on any atom is 0.277 e. The van der Waals surface area contributed by atoms with Crippen molar-refractivity contribution in [1.82, 2.24) is 4.90 Å². The number of anilines is 1. The molecule has 1 amide bonds. The lowest BCUT2D eigenvalue weighted by Crippen LogP contribution is -3.10. The van der Waals surface area contributed by atoms with Gasteiger partial charge in [-0.3, -0.25) is 4.79 Å². The monoisotopic (exact) mass is 414 g/mol. The number of benzene rings is 1. The lowest BCUT2D eigenvalue weighted by molar-refractivity contribution is -0.921. The first-order valence-corrected chi connectivity index (χ1v) is 10.2. The number of carbonyl (C=O) groups excluding carboxylic acids is 1. The fourth-order valence-electron chi connectivity index (χ4n) is 3.74. The molecule has 0 unspecified atom stereocenters. The first-order valence-electron chi connectivity index (χ1n) is 9.84. The van der Waals surface area contributed by atoms with Gasteiger partial charge in [-0.2, -0.15) is 0 Å². The van der Waals surface area contributed by atoms with E-state index < -0.39 is 0 Å². The van der Waals surface area contributed by atoms with Gasteiger partial charge in [-0.15, -0.1) is 0 Å². The van der Waals surface area contributed by atoms with E-state index in [9.17, 15) is 4.79 Å². The summed E-state index contributed by atoms with van der Waals surface area (Å²) in [6.45, 7) is 4.62. The number of hydrogen-bond donors (Lipinski definition) is 1. The number of quaternary nitrogens is 1. The van der Waals surface area contributed by atoms with Crippen molar-refractivity contribution < 1.29 is 18.5 Å². The summed E-state index contributed by atoms with van der Waals surface area (Å²) in [5, 5.41) is 0.750. The average Bonchev–Trinajstić information content (AvgIpc) is 3.43. The van der Waals surface area contributed by atoms with E-state index >= 15 is 0 Å². The van der Waals surface area contributed by atoms with Gasteiger partial charge >= 0.3 is 0 Å². The van der Waals surface area contributed by atoms with Crippen LogP contribution < -0.4 is 9.80 Å². The van der Waals surface area contributed by atoms with Crippen LogP contribution in [-0.2, 0) is 17.9 Å². The van der Waals surface area contributed by atoms with Crippen molar-refractivity contribution in [2.24, 2.45) is 0 Å². The van der Waals surface area contributed by atoms with E-state index in [4.69, 9.17) is 20.4 Å². The number of rotatable bonds is 7. The predicted octanol–water partition coefficient (Wildman–Crippen LogP) is 2.46. The standard InChI is InChI=1S/C22H24ClN3O3/c23-20-7-1-2-8-21(20)25-9-11-26(12-10-25)22(27)17-24(15-18-5-3-13-28-18)16-19-6-4-14-29-19/h1-8,13-14H,9-12,15-17H2/p+1. The highest BCUT2D eigenvalue weighted by Crippen LogP contribution is 2.25. The van der Waals surface area contributed by atoms with Crippen LogP contribution in [0.15, 0.2) is 69.9 Å². The lowest BCUT2D eigenvalue weighted by Gasteiger charge is -2.36. The van der Waals surface area contributed by atoms with E-state index in [-0.39, 0.29) is 5.91 Å². The second kappa shape index (κ2) is 9.20. The first-order chi connectivity index (χ1) is 14.2. The fourth-order valence-corrected chi connectivity index (χ4v) is 3.99. The molecule has 1 fully saturated rings. The van der Waals surface area contributed by atoms with Crippen LogP contribution >= 0.6 is 11.6 Å². The Hall–Kier alpha value is -2.70. The van der Waals surface area contributed by atoms with Crippen molar-refractivity contribution in [2.75, 3.05) is 37.6 Å². The molecule has 0 bridgehead atoms. The SMILES string of the molecule is O=C(C[NH+](Cc1ccco1)Cc1ccco1)N1CCN(c2ccccc2Cl)CC1. The zero-order valence-electron chi connectivity index (χ0n) is 16.2. The van der Waals surface area contributed by atoms with Gasteiger partial charge in [-0.25, -0.2) is 0 Å². The molecule has 3 heterocycles. The molecule has 152 valence electrons. The molecule has 0 radical (unpaired) electrons. The highest BCUT2D eigenvalue weighted by Gasteiger charge is 2.26. The molecule has 1 N–H and O–H groups in total. The van der Waals surface area contributed by atoms with Crippen LogP contribution in [0.3, 0.4) is 0 Å². The minimum absolute atomic E-state index is 0.150. The van der Waals surface area contributed by atoms with Gasteiger partial charge in [0, 0.05) is 26.2 Å². The number of furan rings is 2. The zero-order chi connectivity index (χ0) is 20.1. The number of para-hydroxylation sites is 1. The summed E-state index contributed by atoms with van der Waals surface area (Å²) in [6.07, 6.45) is 3.32. The molecular weight excluding hydrogens is 390 g/mol. The Morgan fingerprint density at radius 3 is 2.07 bits per heavy atom. The Kier molecular flexibility index (Phi) is 6.22. The highest BCUT2D eigenvalue weighted by molar-refractivity contribution is 6.33. The molecule has 7 heteroatoms. The van der Waals surface area contributed by atoms with Crippen LogP contribution in [-0.4, -0.2) is 43.5 Å². The van der Waals surface area contributed by atoms with Gasteiger partial charge in [-0.05, 0) is 36.4 Å². The Morgan fingerprint density at radius 2 is 1.52 bits per heavy atom. The molecule has 29 heavy (non-hydrogen) atoms. The second-order valence-corrected chi connectivity index (χ2v) is 7.67. The van der Waals surface area contributed by atoms with Crippen LogP contribution in [0.2, 0.25) is 5.02 Å². The highest BCUT2D eigenvalue weighted by atomic mass is 35.5. The number of hydrogen-bond acceptors (Lipinski definition) is 4. The minimum Gasteiger partial charge on any atom is -0.463 e. The predicted molar refractivity (Wildman–Crippen MR) is 111 cm³/mol. The topological polar surface area (TPSA) is 54.3 Å². The molecule has 6 nitrogen and oxygen atoms in total. The molecule has 1 aliphatic rings. The number of piperazine rings is 1. The number of halogens is 1. The van der Waals surface area contributed by atoms with E-state index in [1.54, 1.807) is 12.5 Å². The summed E-state index contributed by atoms with van der Waals surface area (Å²) in [5.41, 5.74) is 1.03. The molecule has 4 rings (SSSR count). The molecule has 0 spiro atoms. The number of nitrogens with zero attached hydrogens (tertiary/aromatic N) is 2. The fraction of sp³-hybridized carbons (Fsp3) is 0.318. The average molecular weight is 415 g/mol. The van der Waals surface area contributed by atoms with Crippen LogP contribution in [0.25, 0.3) is 0 Å². The summed E-state index contributed by atoms with van der Waals surface area (Å²) < 4.78 is 11.0. The molecular formula is C22H25ClN3O3+. The van der Waals surface area contributed by atoms with Gasteiger partial charge in [0.05, 0.1) is 23.2 Å². The van der Waals surface area contributed by atoms with E-state index in [1.807, 2.05) is 53.4 Å². The Bertz CT molecular complexity index is 867. The van der Waals surface area contributed by atoms with Gasteiger partial charge < -0.3 is 23.5 Å². The third-order valence-corrected chi connectivity index (χ3v) is 5.56. The second-order valence-electron chi connectivity index (χ2n) is 7.26. The van der Waals surface area contributed by atoms with Crippen LogP contribution in [0, 0.1) is 0 Å². The van der Waals surface area contributed by atoms with Gasteiger partial charge in [0.1, 0.15) is 13.1 Å². The Labute approximate surface area is 175 Å². The van der Waals surface area contributed by atoms with Crippen molar-refractivity contribution in [3.8, 4) is 0 Å². The quantitative estimate of drug-likeness (QED) is 0.645. The summed E-state index contributed by atoms with van der Waals surface area (Å²) in [6, 6.07) is 15.5. The Morgan fingerprint density at radius 1 is 0.897 bits per heavy atom. The van der Waals surface area contributed by atoms with Gasteiger partial charge in [0.2, 0.25) is 0 Å². The number of nitrogens with one attached hydrogen (secondary N) is 1. The van der Waals surface area contributed by atoms with E-state index in [0.717, 1.165) is 40.2 Å². The molecule has 0 saturated carbocycles. The maximum atomic E-state index is 13.0. The number of carbonyl (C=O) groups is 1. The molecule has 1 saturated heterocycles. The van der Waals surface area contributed by atoms with Crippen LogP contribution in [0.4, 0.5) is 5.69 Å². The van der Waals surface area contributed by atoms with E-state index in [2.05, 4.69) is 4.90 Å². The molecule has 1 aliphatic heterocycles. The van der Waals surface area contributed by atoms with Gasteiger partial charge in [-0.1, -0.05) is 23.7 Å². The first kappa shape index (κ1) is 19.6. The molecule has 2 aromatic heterocycles. The summed E-state index contributed by atoms with van der Waals surface area (Å²) >= 11 is 6.32. The molecule has 1 aromatic carbocycles. The van der Waals surface area contributed by atoms with E-state index in [1.165, 1.54) is 0 Å². The third-order valence-electron chi connectivity index (χ3n) is 5.24. The van der Waals surface area contributed by atoms with E-state index in [0.29, 0.717) is 32.7 Å². The third kappa shape index (κ3) is 5.02. The smallest absolute Gasteiger partial charge is 0.277 e. The maximum absolute atomic E-state index is 13.0. The van der Waals surface area contributed by atoms with Crippen molar-refractivity contribution in [3.05, 3.63) is 77.6 Å². The van der Waals surface area contributed by atoms with Crippen molar-refractivity contribution in [2.45, 2.75) is 13.1 Å². The van der Waals surface area contributed by atoms with Gasteiger partial charge in [0.25, 0.3) is 5.91 Å². The van der Waals surface area contributed by atoms with Gasteiger partial charge in [0.15, 0.2) is 18.1 Å². The van der Waals surface area contributed by atoms with Crippen LogP contribution in [0.5, 0.6) is 0 Å². The van der Waals surface area contributed by atoms with Crippen LogP contribution in [0.1, 0.15) is 11.5 Å². The largest absolute Gasteiger partial charge is 0.463 e. The molecule has 0 aliphatic carbocycles. The molecule has 0 atom stereocenters.